The molecule has 0 aromatic heterocycles. The number of hydrogen-bond donors (Lipinski definition) is 1. The lowest BCUT2D eigenvalue weighted by Crippen LogP contribution is -2.21. The molecule has 2 nitrogen and oxygen atoms in total. The minimum atomic E-state index is 0.000556. The molecule has 3 heteroatoms. The van der Waals surface area contributed by atoms with Crippen molar-refractivity contribution >= 4 is 11.6 Å². The summed E-state index contributed by atoms with van der Waals surface area (Å²) in [7, 11) is 0. The molecule has 0 spiro atoms. The van der Waals surface area contributed by atoms with Gasteiger partial charge in [-0.05, 0) is 30.5 Å². The molecule has 1 aliphatic rings. The predicted octanol–water partition coefficient (Wildman–Crippen LogP) is 2.68. The molecule has 2 rings (SSSR count). The van der Waals surface area contributed by atoms with Crippen molar-refractivity contribution in [2.24, 2.45) is 11.7 Å². The Labute approximate surface area is 95.4 Å². The van der Waals surface area contributed by atoms with Gasteiger partial charge < -0.3 is 10.5 Å². The zero-order valence-corrected chi connectivity index (χ0v) is 9.63. The Morgan fingerprint density at radius 2 is 2.33 bits per heavy atom. The Bertz CT molecular complexity index is 347. The molecule has 1 saturated heterocycles. The van der Waals surface area contributed by atoms with Crippen molar-refractivity contribution in [3.63, 3.8) is 0 Å². The fourth-order valence-corrected chi connectivity index (χ4v) is 2.35. The van der Waals surface area contributed by atoms with Gasteiger partial charge in [0.2, 0.25) is 0 Å². The highest BCUT2D eigenvalue weighted by Gasteiger charge is 2.25. The Balaban J connectivity index is 2.20. The molecule has 0 radical (unpaired) electrons. The molecule has 0 amide bonds. The van der Waals surface area contributed by atoms with E-state index in [1.165, 1.54) is 5.56 Å². The van der Waals surface area contributed by atoms with Gasteiger partial charge in [0.1, 0.15) is 0 Å². The largest absolute Gasteiger partial charge is 0.381 e. The number of benzene rings is 1. The van der Waals surface area contributed by atoms with Crippen LogP contribution >= 0.6 is 11.6 Å². The summed E-state index contributed by atoms with van der Waals surface area (Å²) in [6.45, 7) is 3.60. The van der Waals surface area contributed by atoms with Crippen LogP contribution in [-0.4, -0.2) is 13.2 Å². The van der Waals surface area contributed by atoms with E-state index in [0.717, 1.165) is 30.2 Å². The number of ether oxygens (including phenoxy) is 1. The van der Waals surface area contributed by atoms with E-state index in [2.05, 4.69) is 6.07 Å². The van der Waals surface area contributed by atoms with Gasteiger partial charge in [0.15, 0.2) is 0 Å². The maximum atomic E-state index is 6.19. The second kappa shape index (κ2) is 4.52. The second-order valence-corrected chi connectivity index (χ2v) is 4.58. The van der Waals surface area contributed by atoms with Gasteiger partial charge in [-0.15, -0.1) is 0 Å². The van der Waals surface area contributed by atoms with Crippen LogP contribution in [0.2, 0.25) is 5.02 Å². The van der Waals surface area contributed by atoms with E-state index in [-0.39, 0.29) is 6.04 Å². The molecule has 82 valence electrons. The molecule has 0 bridgehead atoms. The number of halogens is 1. The van der Waals surface area contributed by atoms with Crippen molar-refractivity contribution in [1.82, 2.24) is 0 Å². The number of nitrogens with two attached hydrogens (primary N) is 1. The molecule has 2 unspecified atom stereocenters. The van der Waals surface area contributed by atoms with Crippen LogP contribution in [0.1, 0.15) is 23.6 Å². The first kappa shape index (κ1) is 10.9. The minimum absolute atomic E-state index is 0.000556. The van der Waals surface area contributed by atoms with Crippen molar-refractivity contribution in [2.45, 2.75) is 19.4 Å². The molecular formula is C12H16ClNO. The highest BCUT2D eigenvalue weighted by Crippen LogP contribution is 2.31. The van der Waals surface area contributed by atoms with Gasteiger partial charge in [0.25, 0.3) is 0 Å². The van der Waals surface area contributed by atoms with Gasteiger partial charge in [0.05, 0.1) is 6.61 Å². The topological polar surface area (TPSA) is 35.2 Å². The van der Waals surface area contributed by atoms with Gasteiger partial charge in [0, 0.05) is 23.6 Å². The molecule has 2 atom stereocenters. The fraction of sp³-hybridized carbons (Fsp3) is 0.500. The normalized spacial score (nSPS) is 23.0. The van der Waals surface area contributed by atoms with Gasteiger partial charge in [-0.3, -0.25) is 0 Å². The summed E-state index contributed by atoms with van der Waals surface area (Å²) >= 11 is 6.18. The first-order valence-corrected chi connectivity index (χ1v) is 5.65. The lowest BCUT2D eigenvalue weighted by Gasteiger charge is -2.19. The van der Waals surface area contributed by atoms with Gasteiger partial charge in [-0.25, -0.2) is 0 Å². The molecule has 2 N–H and O–H groups in total. The summed E-state index contributed by atoms with van der Waals surface area (Å²) in [4.78, 5) is 0. The SMILES string of the molecule is Cc1ccc(C(N)C2CCOC2)c(Cl)c1. The van der Waals surface area contributed by atoms with Crippen LogP contribution in [0, 0.1) is 12.8 Å². The van der Waals surface area contributed by atoms with Crippen LogP contribution in [0.3, 0.4) is 0 Å². The third-order valence-corrected chi connectivity index (χ3v) is 3.32. The number of aryl methyl sites for hydroxylation is 1. The highest BCUT2D eigenvalue weighted by molar-refractivity contribution is 6.31. The molecule has 0 aliphatic carbocycles. The van der Waals surface area contributed by atoms with Crippen LogP contribution in [0.5, 0.6) is 0 Å². The molecule has 1 aromatic carbocycles. The smallest absolute Gasteiger partial charge is 0.0513 e. The van der Waals surface area contributed by atoms with Crippen LogP contribution in [0.15, 0.2) is 18.2 Å². The number of rotatable bonds is 2. The van der Waals surface area contributed by atoms with E-state index < -0.39 is 0 Å². The summed E-state index contributed by atoms with van der Waals surface area (Å²) in [5.41, 5.74) is 8.39. The summed E-state index contributed by atoms with van der Waals surface area (Å²) in [5, 5.41) is 0.773. The van der Waals surface area contributed by atoms with Gasteiger partial charge in [-0.1, -0.05) is 23.7 Å². The molecule has 1 fully saturated rings. The average Bonchev–Trinajstić information content (AvgIpc) is 2.69. The first-order valence-electron chi connectivity index (χ1n) is 5.28. The fourth-order valence-electron chi connectivity index (χ4n) is 1.99. The zero-order chi connectivity index (χ0) is 10.8. The highest BCUT2D eigenvalue weighted by atomic mass is 35.5. The Morgan fingerprint density at radius 1 is 1.53 bits per heavy atom. The lowest BCUT2D eigenvalue weighted by atomic mass is 9.93. The second-order valence-electron chi connectivity index (χ2n) is 4.17. The van der Waals surface area contributed by atoms with Gasteiger partial charge >= 0.3 is 0 Å². The van der Waals surface area contributed by atoms with E-state index in [0.29, 0.717) is 5.92 Å². The molecule has 1 aliphatic heterocycles. The Morgan fingerprint density at radius 3 is 2.93 bits per heavy atom. The molecular weight excluding hydrogens is 210 g/mol. The summed E-state index contributed by atoms with van der Waals surface area (Å²) in [6, 6.07) is 6.05. The lowest BCUT2D eigenvalue weighted by molar-refractivity contribution is 0.181. The van der Waals surface area contributed by atoms with E-state index in [9.17, 15) is 0 Å². The zero-order valence-electron chi connectivity index (χ0n) is 8.87. The standard InChI is InChI=1S/C12H16ClNO/c1-8-2-3-10(11(13)6-8)12(14)9-4-5-15-7-9/h2-3,6,9,12H,4-5,7,14H2,1H3. The average molecular weight is 226 g/mol. The maximum Gasteiger partial charge on any atom is 0.0513 e. The predicted molar refractivity (Wildman–Crippen MR) is 62.0 cm³/mol. The van der Waals surface area contributed by atoms with E-state index in [1.54, 1.807) is 0 Å². The van der Waals surface area contributed by atoms with E-state index >= 15 is 0 Å². The summed E-state index contributed by atoms with van der Waals surface area (Å²) in [6.07, 6.45) is 1.03. The summed E-state index contributed by atoms with van der Waals surface area (Å²) < 4.78 is 5.34. The third kappa shape index (κ3) is 2.33. The van der Waals surface area contributed by atoms with Crippen molar-refractivity contribution < 1.29 is 4.74 Å². The van der Waals surface area contributed by atoms with E-state index in [4.69, 9.17) is 22.1 Å². The number of hydrogen-bond acceptors (Lipinski definition) is 2. The Kier molecular flexibility index (Phi) is 3.29. The van der Waals surface area contributed by atoms with Gasteiger partial charge in [-0.2, -0.15) is 0 Å². The first-order chi connectivity index (χ1) is 7.18. The summed E-state index contributed by atoms with van der Waals surface area (Å²) in [5.74, 6) is 0.408. The molecule has 1 heterocycles. The van der Waals surface area contributed by atoms with Crippen molar-refractivity contribution in [1.29, 1.82) is 0 Å². The van der Waals surface area contributed by atoms with Crippen LogP contribution in [-0.2, 0) is 4.74 Å². The minimum Gasteiger partial charge on any atom is -0.381 e. The monoisotopic (exact) mass is 225 g/mol. The molecule has 0 saturated carbocycles. The van der Waals surface area contributed by atoms with E-state index in [1.807, 2.05) is 19.1 Å². The van der Waals surface area contributed by atoms with Crippen LogP contribution in [0.25, 0.3) is 0 Å². The van der Waals surface area contributed by atoms with Crippen LogP contribution < -0.4 is 5.73 Å². The quantitative estimate of drug-likeness (QED) is 0.840. The van der Waals surface area contributed by atoms with Crippen LogP contribution in [0.4, 0.5) is 0 Å². The van der Waals surface area contributed by atoms with Crippen molar-refractivity contribution in [3.8, 4) is 0 Å². The molecule has 1 aromatic rings. The maximum absolute atomic E-state index is 6.19. The van der Waals surface area contributed by atoms with Crippen molar-refractivity contribution in [3.05, 3.63) is 34.3 Å². The Hall–Kier alpha value is -0.570. The van der Waals surface area contributed by atoms with Crippen molar-refractivity contribution in [2.75, 3.05) is 13.2 Å². The molecule has 15 heavy (non-hydrogen) atoms. The third-order valence-electron chi connectivity index (χ3n) is 2.99.